The number of nitrogens with zero attached hydrogens (tertiary/aromatic N) is 1. The third-order valence-corrected chi connectivity index (χ3v) is 4.31. The first-order valence-corrected chi connectivity index (χ1v) is 8.11. The van der Waals surface area contributed by atoms with Gasteiger partial charge in [0.1, 0.15) is 5.76 Å². The quantitative estimate of drug-likeness (QED) is 0.798. The SMILES string of the molecule is COCCN(C(=S)Nc1ccc(C)c(C)c1)[C@@H](C)c1ccco1. The highest BCUT2D eigenvalue weighted by Gasteiger charge is 2.20. The van der Waals surface area contributed by atoms with Crippen molar-refractivity contribution in [1.29, 1.82) is 0 Å². The van der Waals surface area contributed by atoms with Crippen LogP contribution in [0.5, 0.6) is 0 Å². The molecule has 1 aromatic heterocycles. The number of benzene rings is 1. The molecule has 0 saturated carbocycles. The Balaban J connectivity index is 2.13. The van der Waals surface area contributed by atoms with Gasteiger partial charge in [-0.15, -0.1) is 0 Å². The molecule has 1 atom stereocenters. The highest BCUT2D eigenvalue weighted by atomic mass is 32.1. The minimum absolute atomic E-state index is 0.0340. The molecular formula is C18H24N2O2S. The molecule has 1 aromatic carbocycles. The van der Waals surface area contributed by atoms with Crippen molar-refractivity contribution in [3.05, 3.63) is 53.5 Å². The molecule has 1 N–H and O–H groups in total. The average molecular weight is 332 g/mol. The van der Waals surface area contributed by atoms with E-state index in [1.54, 1.807) is 13.4 Å². The lowest BCUT2D eigenvalue weighted by Crippen LogP contribution is -2.39. The van der Waals surface area contributed by atoms with E-state index in [0.29, 0.717) is 18.3 Å². The summed E-state index contributed by atoms with van der Waals surface area (Å²) in [5.74, 6) is 0.880. The summed E-state index contributed by atoms with van der Waals surface area (Å²) in [5.41, 5.74) is 3.49. The van der Waals surface area contributed by atoms with Crippen LogP contribution in [0.2, 0.25) is 0 Å². The van der Waals surface area contributed by atoms with E-state index in [2.05, 4.69) is 43.1 Å². The summed E-state index contributed by atoms with van der Waals surface area (Å²) in [7, 11) is 1.69. The number of nitrogens with one attached hydrogen (secondary N) is 1. The Hall–Kier alpha value is -1.85. The highest BCUT2D eigenvalue weighted by Crippen LogP contribution is 2.22. The monoisotopic (exact) mass is 332 g/mol. The lowest BCUT2D eigenvalue weighted by Gasteiger charge is -2.30. The summed E-state index contributed by atoms with van der Waals surface area (Å²) >= 11 is 5.61. The molecule has 0 bridgehead atoms. The average Bonchev–Trinajstić information content (AvgIpc) is 3.05. The van der Waals surface area contributed by atoms with Gasteiger partial charge in [-0.25, -0.2) is 0 Å². The van der Waals surface area contributed by atoms with Crippen molar-refractivity contribution in [2.75, 3.05) is 25.6 Å². The molecule has 4 nitrogen and oxygen atoms in total. The number of methoxy groups -OCH3 is 1. The number of rotatable bonds is 6. The van der Waals surface area contributed by atoms with E-state index in [1.807, 2.05) is 18.2 Å². The standard InChI is InChI=1S/C18H24N2O2S/c1-13-7-8-16(12-14(13)2)19-18(23)20(9-11-21-4)15(3)17-6-5-10-22-17/h5-8,10,12,15H,9,11H2,1-4H3,(H,19,23)/t15-/m0/s1. The lowest BCUT2D eigenvalue weighted by atomic mass is 10.1. The number of aryl methyl sites for hydroxylation is 2. The second kappa shape index (κ2) is 8.13. The summed E-state index contributed by atoms with van der Waals surface area (Å²) in [6.07, 6.45) is 1.68. The van der Waals surface area contributed by atoms with Crippen LogP contribution < -0.4 is 5.32 Å². The molecule has 0 aliphatic carbocycles. The molecule has 124 valence electrons. The molecule has 0 aliphatic rings. The summed E-state index contributed by atoms with van der Waals surface area (Å²) in [6, 6.07) is 10.1. The number of anilines is 1. The molecule has 2 aromatic rings. The number of ether oxygens (including phenoxy) is 1. The molecule has 1 heterocycles. The zero-order valence-electron chi connectivity index (χ0n) is 14.1. The van der Waals surface area contributed by atoms with Gasteiger partial charge in [0.15, 0.2) is 5.11 Å². The van der Waals surface area contributed by atoms with Gasteiger partial charge in [0.25, 0.3) is 0 Å². The Bertz CT molecular complexity index is 640. The number of hydrogen-bond donors (Lipinski definition) is 1. The summed E-state index contributed by atoms with van der Waals surface area (Å²) in [6.45, 7) is 7.55. The van der Waals surface area contributed by atoms with E-state index >= 15 is 0 Å². The van der Waals surface area contributed by atoms with Gasteiger partial charge in [0.05, 0.1) is 18.9 Å². The van der Waals surface area contributed by atoms with Gasteiger partial charge in [0, 0.05) is 19.3 Å². The van der Waals surface area contributed by atoms with Crippen molar-refractivity contribution >= 4 is 23.0 Å². The zero-order chi connectivity index (χ0) is 16.8. The summed E-state index contributed by atoms with van der Waals surface area (Å²) in [4.78, 5) is 2.08. The normalized spacial score (nSPS) is 12.0. The number of thiocarbonyl (C=S) groups is 1. The predicted molar refractivity (Wildman–Crippen MR) is 97.8 cm³/mol. The van der Waals surface area contributed by atoms with Gasteiger partial charge in [0.2, 0.25) is 0 Å². The molecule has 0 radical (unpaired) electrons. The second-order valence-corrected chi connectivity index (χ2v) is 5.99. The van der Waals surface area contributed by atoms with Crippen molar-refractivity contribution < 1.29 is 9.15 Å². The molecule has 0 amide bonds. The third kappa shape index (κ3) is 4.56. The highest BCUT2D eigenvalue weighted by molar-refractivity contribution is 7.80. The van der Waals surface area contributed by atoms with Crippen LogP contribution in [0.25, 0.3) is 0 Å². The molecule has 0 aliphatic heterocycles. The Morgan fingerprint density at radius 1 is 1.30 bits per heavy atom. The van der Waals surface area contributed by atoms with Gasteiger partial charge < -0.3 is 19.4 Å². The van der Waals surface area contributed by atoms with Crippen molar-refractivity contribution in [3.8, 4) is 0 Å². The molecular weight excluding hydrogens is 308 g/mol. The molecule has 23 heavy (non-hydrogen) atoms. The maximum atomic E-state index is 5.61. The van der Waals surface area contributed by atoms with Crippen LogP contribution in [-0.4, -0.2) is 30.3 Å². The maximum Gasteiger partial charge on any atom is 0.174 e. The molecule has 2 rings (SSSR count). The van der Waals surface area contributed by atoms with Gasteiger partial charge in [-0.2, -0.15) is 0 Å². The van der Waals surface area contributed by atoms with E-state index in [9.17, 15) is 0 Å². The van der Waals surface area contributed by atoms with Crippen molar-refractivity contribution in [3.63, 3.8) is 0 Å². The first-order valence-electron chi connectivity index (χ1n) is 7.70. The summed E-state index contributed by atoms with van der Waals surface area (Å²) < 4.78 is 10.7. The maximum absolute atomic E-state index is 5.61. The van der Waals surface area contributed by atoms with Crippen LogP contribution in [-0.2, 0) is 4.74 Å². The van der Waals surface area contributed by atoms with Crippen molar-refractivity contribution in [2.45, 2.75) is 26.8 Å². The van der Waals surface area contributed by atoms with Crippen LogP contribution in [0.4, 0.5) is 5.69 Å². The van der Waals surface area contributed by atoms with Crippen LogP contribution >= 0.6 is 12.2 Å². The van der Waals surface area contributed by atoms with Crippen molar-refractivity contribution in [2.24, 2.45) is 0 Å². The van der Waals surface area contributed by atoms with E-state index in [4.69, 9.17) is 21.4 Å². The first-order chi connectivity index (χ1) is 11.0. The van der Waals surface area contributed by atoms with Gasteiger partial charge in [-0.1, -0.05) is 6.07 Å². The van der Waals surface area contributed by atoms with Crippen LogP contribution in [0.1, 0.15) is 29.9 Å². The lowest BCUT2D eigenvalue weighted by molar-refractivity contribution is 0.160. The van der Waals surface area contributed by atoms with E-state index in [-0.39, 0.29) is 6.04 Å². The minimum atomic E-state index is 0.0340. The fraction of sp³-hybridized carbons (Fsp3) is 0.389. The van der Waals surface area contributed by atoms with Crippen LogP contribution in [0.3, 0.4) is 0 Å². The Morgan fingerprint density at radius 3 is 2.70 bits per heavy atom. The van der Waals surface area contributed by atoms with E-state index in [1.165, 1.54) is 11.1 Å². The van der Waals surface area contributed by atoms with Gasteiger partial charge in [-0.3, -0.25) is 0 Å². The molecule has 5 heteroatoms. The van der Waals surface area contributed by atoms with E-state index in [0.717, 1.165) is 11.4 Å². The smallest absolute Gasteiger partial charge is 0.174 e. The van der Waals surface area contributed by atoms with Gasteiger partial charge in [-0.05, 0) is 68.4 Å². The van der Waals surface area contributed by atoms with Crippen LogP contribution in [0, 0.1) is 13.8 Å². The van der Waals surface area contributed by atoms with Crippen LogP contribution in [0.15, 0.2) is 41.0 Å². The number of furan rings is 1. The number of hydrogen-bond acceptors (Lipinski definition) is 3. The van der Waals surface area contributed by atoms with Gasteiger partial charge >= 0.3 is 0 Å². The summed E-state index contributed by atoms with van der Waals surface area (Å²) in [5, 5.41) is 3.98. The zero-order valence-corrected chi connectivity index (χ0v) is 14.9. The molecule has 0 unspecified atom stereocenters. The Labute approximate surface area is 143 Å². The topological polar surface area (TPSA) is 37.6 Å². The second-order valence-electron chi connectivity index (χ2n) is 5.61. The first kappa shape index (κ1) is 17.5. The molecule has 0 saturated heterocycles. The largest absolute Gasteiger partial charge is 0.467 e. The minimum Gasteiger partial charge on any atom is -0.467 e. The fourth-order valence-electron chi connectivity index (χ4n) is 2.36. The van der Waals surface area contributed by atoms with E-state index < -0.39 is 0 Å². The Kier molecular flexibility index (Phi) is 6.19. The molecule has 0 fully saturated rings. The fourth-order valence-corrected chi connectivity index (χ4v) is 2.72. The third-order valence-electron chi connectivity index (χ3n) is 3.98. The van der Waals surface area contributed by atoms with Crippen molar-refractivity contribution in [1.82, 2.24) is 4.90 Å². The Morgan fingerprint density at radius 2 is 2.09 bits per heavy atom. The molecule has 0 spiro atoms. The predicted octanol–water partition coefficient (Wildman–Crippen LogP) is 4.30.